The fraction of sp³-hybridized carbons (Fsp3) is 1.00. The van der Waals surface area contributed by atoms with Crippen LogP contribution < -0.4 is 5.73 Å². The zero-order valence-corrected chi connectivity index (χ0v) is 6.88. The Kier molecular flexibility index (Phi) is 1.87. The van der Waals surface area contributed by atoms with Crippen molar-refractivity contribution in [2.75, 3.05) is 33.0 Å². The highest BCUT2D eigenvalue weighted by atomic mass is 16.5. The van der Waals surface area contributed by atoms with Crippen LogP contribution in [0.2, 0.25) is 0 Å². The number of rotatable bonds is 1. The monoisotopic (exact) mass is 156 g/mol. The number of nitrogens with two attached hydrogens (primary N) is 1. The van der Waals surface area contributed by atoms with Crippen molar-refractivity contribution in [2.24, 2.45) is 11.1 Å². The molecule has 1 spiro atoms. The van der Waals surface area contributed by atoms with Crippen LogP contribution in [-0.2, 0) is 4.74 Å². The second kappa shape index (κ2) is 2.73. The Morgan fingerprint density at radius 3 is 2.91 bits per heavy atom. The molecule has 64 valence electrons. The van der Waals surface area contributed by atoms with Crippen LogP contribution in [0.25, 0.3) is 0 Å². The molecule has 2 aliphatic heterocycles. The van der Waals surface area contributed by atoms with Gasteiger partial charge in [-0.05, 0) is 12.8 Å². The normalized spacial score (nSPS) is 39.0. The zero-order valence-electron chi connectivity index (χ0n) is 6.88. The molecule has 2 heterocycles. The molecule has 1 unspecified atom stereocenters. The van der Waals surface area contributed by atoms with E-state index in [1.165, 1.54) is 19.4 Å². The summed E-state index contributed by atoms with van der Waals surface area (Å²) in [5, 5.41) is 0. The molecule has 0 aromatic rings. The summed E-state index contributed by atoms with van der Waals surface area (Å²) in [6.07, 6.45) is 2.52. The van der Waals surface area contributed by atoms with Crippen molar-refractivity contribution in [3.05, 3.63) is 0 Å². The Morgan fingerprint density at radius 1 is 1.45 bits per heavy atom. The largest absolute Gasteiger partial charge is 0.381 e. The van der Waals surface area contributed by atoms with Crippen molar-refractivity contribution < 1.29 is 4.74 Å². The lowest BCUT2D eigenvalue weighted by atomic mass is 9.87. The molecule has 2 N–H and O–H groups in total. The van der Waals surface area contributed by atoms with Crippen LogP contribution >= 0.6 is 0 Å². The van der Waals surface area contributed by atoms with E-state index in [-0.39, 0.29) is 0 Å². The van der Waals surface area contributed by atoms with Gasteiger partial charge in [-0.15, -0.1) is 0 Å². The van der Waals surface area contributed by atoms with Crippen LogP contribution in [-0.4, -0.2) is 37.9 Å². The number of likely N-dealkylation sites (tertiary alicyclic amines) is 1. The highest BCUT2D eigenvalue weighted by Gasteiger charge is 2.40. The van der Waals surface area contributed by atoms with Gasteiger partial charge >= 0.3 is 0 Å². The van der Waals surface area contributed by atoms with E-state index < -0.39 is 0 Å². The van der Waals surface area contributed by atoms with Crippen molar-refractivity contribution in [3.8, 4) is 0 Å². The Morgan fingerprint density at radius 2 is 2.36 bits per heavy atom. The number of hydrogen-bond donors (Lipinski definition) is 1. The molecule has 0 radical (unpaired) electrons. The van der Waals surface area contributed by atoms with Crippen LogP contribution in [0, 0.1) is 5.41 Å². The van der Waals surface area contributed by atoms with Crippen molar-refractivity contribution >= 4 is 0 Å². The van der Waals surface area contributed by atoms with Crippen molar-refractivity contribution in [1.82, 2.24) is 4.90 Å². The number of hydrogen-bond acceptors (Lipinski definition) is 3. The van der Waals surface area contributed by atoms with Gasteiger partial charge < -0.3 is 10.5 Å². The second-order valence-electron chi connectivity index (χ2n) is 3.79. The summed E-state index contributed by atoms with van der Waals surface area (Å²) in [6, 6.07) is 0. The van der Waals surface area contributed by atoms with E-state index in [1.807, 2.05) is 0 Å². The molecule has 0 aromatic carbocycles. The van der Waals surface area contributed by atoms with Gasteiger partial charge in [0.25, 0.3) is 0 Å². The van der Waals surface area contributed by atoms with Gasteiger partial charge in [-0.3, -0.25) is 4.90 Å². The fourth-order valence-corrected chi connectivity index (χ4v) is 2.15. The summed E-state index contributed by atoms with van der Waals surface area (Å²) in [6.45, 7) is 4.95. The van der Waals surface area contributed by atoms with Crippen LogP contribution in [0.3, 0.4) is 0 Å². The molecule has 3 heteroatoms. The first kappa shape index (κ1) is 7.53. The molecule has 3 nitrogen and oxygen atoms in total. The lowest BCUT2D eigenvalue weighted by Crippen LogP contribution is -2.31. The maximum absolute atomic E-state index is 5.57. The molecule has 2 fully saturated rings. The molecule has 0 aromatic heterocycles. The predicted molar refractivity (Wildman–Crippen MR) is 43.1 cm³/mol. The summed E-state index contributed by atoms with van der Waals surface area (Å²) in [7, 11) is 0. The van der Waals surface area contributed by atoms with E-state index in [1.54, 1.807) is 0 Å². The second-order valence-corrected chi connectivity index (χ2v) is 3.79. The van der Waals surface area contributed by atoms with Crippen LogP contribution in [0.5, 0.6) is 0 Å². The van der Waals surface area contributed by atoms with Crippen LogP contribution in [0.15, 0.2) is 0 Å². The van der Waals surface area contributed by atoms with E-state index >= 15 is 0 Å². The maximum Gasteiger partial charge on any atom is 0.0536 e. The average molecular weight is 156 g/mol. The topological polar surface area (TPSA) is 38.5 Å². The molecule has 0 aliphatic carbocycles. The lowest BCUT2D eigenvalue weighted by Gasteiger charge is -2.20. The van der Waals surface area contributed by atoms with Gasteiger partial charge in [-0.1, -0.05) is 0 Å². The Labute approximate surface area is 67.5 Å². The van der Waals surface area contributed by atoms with Gasteiger partial charge in [-0.2, -0.15) is 0 Å². The third-order valence-electron chi connectivity index (χ3n) is 2.96. The maximum atomic E-state index is 5.57. The summed E-state index contributed by atoms with van der Waals surface area (Å²) < 4.78 is 5.41. The third kappa shape index (κ3) is 1.28. The Balaban J connectivity index is 1.96. The standard InChI is InChI=1S/C8H16N2O/c9-7-10-3-1-8(5-10)2-4-11-6-8/h1-7,9H2. The average Bonchev–Trinajstić information content (AvgIpc) is 2.62. The van der Waals surface area contributed by atoms with Crippen LogP contribution in [0.4, 0.5) is 0 Å². The molecule has 2 aliphatic rings. The van der Waals surface area contributed by atoms with Crippen LogP contribution in [0.1, 0.15) is 12.8 Å². The van der Waals surface area contributed by atoms with Gasteiger partial charge in [0.05, 0.1) is 6.61 Å². The van der Waals surface area contributed by atoms with E-state index in [0.29, 0.717) is 12.1 Å². The van der Waals surface area contributed by atoms with Crippen molar-refractivity contribution in [3.63, 3.8) is 0 Å². The third-order valence-corrected chi connectivity index (χ3v) is 2.96. The van der Waals surface area contributed by atoms with Gasteiger partial charge in [0.1, 0.15) is 0 Å². The Bertz CT molecular complexity index is 143. The SMILES string of the molecule is NCN1CCC2(CCOC2)C1. The summed E-state index contributed by atoms with van der Waals surface area (Å²) in [4.78, 5) is 2.31. The molecule has 2 rings (SSSR count). The quantitative estimate of drug-likeness (QED) is 0.581. The fourth-order valence-electron chi connectivity index (χ4n) is 2.15. The molecular weight excluding hydrogens is 140 g/mol. The first-order valence-electron chi connectivity index (χ1n) is 4.35. The predicted octanol–water partition coefficient (Wildman–Crippen LogP) is 0.0150. The summed E-state index contributed by atoms with van der Waals surface area (Å²) in [5.74, 6) is 0. The molecule has 11 heavy (non-hydrogen) atoms. The molecule has 0 saturated carbocycles. The molecule has 2 saturated heterocycles. The molecule has 0 bridgehead atoms. The smallest absolute Gasteiger partial charge is 0.0536 e. The van der Waals surface area contributed by atoms with Gasteiger partial charge in [0.2, 0.25) is 0 Å². The van der Waals surface area contributed by atoms with E-state index in [9.17, 15) is 0 Å². The van der Waals surface area contributed by atoms with Gasteiger partial charge in [-0.25, -0.2) is 0 Å². The minimum Gasteiger partial charge on any atom is -0.381 e. The highest BCUT2D eigenvalue weighted by Crippen LogP contribution is 2.37. The van der Waals surface area contributed by atoms with E-state index in [2.05, 4.69) is 4.90 Å². The van der Waals surface area contributed by atoms with E-state index in [4.69, 9.17) is 10.5 Å². The molecule has 1 atom stereocenters. The first-order valence-corrected chi connectivity index (χ1v) is 4.35. The first-order chi connectivity index (χ1) is 5.35. The number of ether oxygens (including phenoxy) is 1. The lowest BCUT2D eigenvalue weighted by molar-refractivity contribution is 0.152. The van der Waals surface area contributed by atoms with Crippen molar-refractivity contribution in [1.29, 1.82) is 0 Å². The highest BCUT2D eigenvalue weighted by molar-refractivity contribution is 4.91. The van der Waals surface area contributed by atoms with Gasteiger partial charge in [0.15, 0.2) is 0 Å². The Hall–Kier alpha value is -0.120. The number of nitrogens with zero attached hydrogens (tertiary/aromatic N) is 1. The van der Waals surface area contributed by atoms with E-state index in [0.717, 1.165) is 19.8 Å². The summed E-state index contributed by atoms with van der Waals surface area (Å²) in [5.41, 5.74) is 6.06. The minimum absolute atomic E-state index is 0.485. The molecule has 0 amide bonds. The molecular formula is C8H16N2O. The van der Waals surface area contributed by atoms with Crippen molar-refractivity contribution in [2.45, 2.75) is 12.8 Å². The minimum atomic E-state index is 0.485. The zero-order chi connectivity index (χ0) is 7.73. The van der Waals surface area contributed by atoms with Gasteiger partial charge in [0, 0.05) is 31.8 Å². The summed E-state index contributed by atoms with van der Waals surface area (Å²) >= 11 is 0.